The molecule has 1 heterocycles. The minimum atomic E-state index is 0.118. The Morgan fingerprint density at radius 1 is 1.48 bits per heavy atom. The highest BCUT2D eigenvalue weighted by molar-refractivity contribution is 5.80. The number of hydrogen-bond acceptors (Lipinski definition) is 4. The number of ether oxygens (including phenoxy) is 1. The van der Waals surface area contributed by atoms with E-state index in [4.69, 9.17) is 15.7 Å². The van der Waals surface area contributed by atoms with E-state index in [1.165, 1.54) is 5.56 Å². The normalized spacial score (nSPS) is 25.7. The van der Waals surface area contributed by atoms with Crippen molar-refractivity contribution in [2.45, 2.75) is 31.9 Å². The molecule has 1 aliphatic rings. The molecule has 0 spiro atoms. The molecule has 1 aromatic carbocycles. The van der Waals surface area contributed by atoms with Crippen molar-refractivity contribution in [3.05, 3.63) is 35.9 Å². The third-order valence-corrected chi connectivity index (χ3v) is 4.38. The maximum atomic E-state index is 8.89. The van der Waals surface area contributed by atoms with Gasteiger partial charge in [-0.1, -0.05) is 42.4 Å². The lowest BCUT2D eigenvalue weighted by Crippen LogP contribution is -2.46. The second-order valence-electron chi connectivity index (χ2n) is 5.76. The van der Waals surface area contributed by atoms with Crippen LogP contribution in [0.15, 0.2) is 35.5 Å². The van der Waals surface area contributed by atoms with Crippen LogP contribution in [0, 0.1) is 5.92 Å². The van der Waals surface area contributed by atoms with Crippen molar-refractivity contribution in [3.63, 3.8) is 0 Å². The van der Waals surface area contributed by atoms with E-state index in [0.29, 0.717) is 12.3 Å². The van der Waals surface area contributed by atoms with E-state index in [9.17, 15) is 0 Å². The summed E-state index contributed by atoms with van der Waals surface area (Å²) in [6.45, 7) is 4.10. The van der Waals surface area contributed by atoms with Gasteiger partial charge in [-0.3, -0.25) is 4.90 Å². The van der Waals surface area contributed by atoms with Crippen molar-refractivity contribution in [2.24, 2.45) is 16.8 Å². The maximum absolute atomic E-state index is 8.89. The largest absolute Gasteiger partial charge is 0.409 e. The third kappa shape index (κ3) is 3.95. The van der Waals surface area contributed by atoms with Crippen LogP contribution in [0.5, 0.6) is 0 Å². The fraction of sp³-hybridized carbons (Fsp3) is 0.562. The Labute approximate surface area is 126 Å². The predicted molar refractivity (Wildman–Crippen MR) is 83.4 cm³/mol. The lowest BCUT2D eigenvalue weighted by atomic mass is 9.92. The molecule has 1 aromatic rings. The van der Waals surface area contributed by atoms with E-state index in [1.54, 1.807) is 7.11 Å². The van der Waals surface area contributed by atoms with Crippen LogP contribution in [-0.2, 0) is 4.74 Å². The Hall–Kier alpha value is -1.59. The molecule has 116 valence electrons. The number of piperidine rings is 1. The minimum absolute atomic E-state index is 0.118. The summed E-state index contributed by atoms with van der Waals surface area (Å²) in [5.41, 5.74) is 6.94. The number of oxime groups is 1. The van der Waals surface area contributed by atoms with Crippen LogP contribution in [0.3, 0.4) is 0 Å². The van der Waals surface area contributed by atoms with Crippen molar-refractivity contribution < 1.29 is 9.94 Å². The van der Waals surface area contributed by atoms with Gasteiger partial charge in [0, 0.05) is 26.1 Å². The summed E-state index contributed by atoms with van der Waals surface area (Å²) in [5, 5.41) is 12.0. The first-order valence-electron chi connectivity index (χ1n) is 7.44. The molecule has 0 radical (unpaired) electrons. The van der Waals surface area contributed by atoms with E-state index < -0.39 is 0 Å². The second-order valence-corrected chi connectivity index (χ2v) is 5.76. The molecule has 5 nitrogen and oxygen atoms in total. The first-order valence-corrected chi connectivity index (χ1v) is 7.44. The van der Waals surface area contributed by atoms with Crippen LogP contribution in [0.4, 0.5) is 0 Å². The molecule has 3 atom stereocenters. The molecule has 2 rings (SSSR count). The van der Waals surface area contributed by atoms with Crippen LogP contribution in [0.1, 0.15) is 31.4 Å². The van der Waals surface area contributed by atoms with Gasteiger partial charge in [-0.2, -0.15) is 0 Å². The summed E-state index contributed by atoms with van der Waals surface area (Å²) in [6, 6.07) is 10.3. The standard InChI is InChI=1S/C16H25N3O2/c1-12-8-9-19(11-15(12)21-2)14(10-16(17)18-20)13-6-4-3-5-7-13/h3-7,12,14-15,20H,8-11H2,1-2H3,(H2,17,18). The molecule has 0 bridgehead atoms. The highest BCUT2D eigenvalue weighted by atomic mass is 16.5. The van der Waals surface area contributed by atoms with Crippen LogP contribution in [0.25, 0.3) is 0 Å². The molecule has 1 aliphatic heterocycles. The number of nitrogens with two attached hydrogens (primary N) is 1. The third-order valence-electron chi connectivity index (χ3n) is 4.38. The number of benzene rings is 1. The van der Waals surface area contributed by atoms with Gasteiger partial charge in [0.25, 0.3) is 0 Å². The molecule has 1 fully saturated rings. The molecular formula is C16H25N3O2. The lowest BCUT2D eigenvalue weighted by molar-refractivity contribution is -0.0187. The number of nitrogens with zero attached hydrogens (tertiary/aromatic N) is 2. The van der Waals surface area contributed by atoms with E-state index in [-0.39, 0.29) is 18.0 Å². The van der Waals surface area contributed by atoms with Crippen molar-refractivity contribution in [2.75, 3.05) is 20.2 Å². The summed E-state index contributed by atoms with van der Waals surface area (Å²) >= 11 is 0. The summed E-state index contributed by atoms with van der Waals surface area (Å²) in [7, 11) is 1.77. The van der Waals surface area contributed by atoms with E-state index in [2.05, 4.69) is 29.1 Å². The van der Waals surface area contributed by atoms with Gasteiger partial charge in [-0.25, -0.2) is 0 Å². The fourth-order valence-corrected chi connectivity index (χ4v) is 3.02. The molecule has 3 N–H and O–H groups in total. The molecule has 0 amide bonds. The molecule has 0 aliphatic carbocycles. The van der Waals surface area contributed by atoms with Crippen LogP contribution >= 0.6 is 0 Å². The summed E-state index contributed by atoms with van der Waals surface area (Å²) in [5.74, 6) is 0.822. The summed E-state index contributed by atoms with van der Waals surface area (Å²) in [4.78, 5) is 2.38. The molecule has 3 unspecified atom stereocenters. The van der Waals surface area contributed by atoms with Crippen molar-refractivity contribution in [1.82, 2.24) is 4.90 Å². The summed E-state index contributed by atoms with van der Waals surface area (Å²) < 4.78 is 5.60. The number of hydrogen-bond donors (Lipinski definition) is 2. The second kappa shape index (κ2) is 7.43. The number of amidine groups is 1. The molecule has 0 aromatic heterocycles. The van der Waals surface area contributed by atoms with Gasteiger partial charge in [-0.15, -0.1) is 0 Å². The predicted octanol–water partition coefficient (Wildman–Crippen LogP) is 2.22. The number of rotatable bonds is 5. The number of likely N-dealkylation sites (tertiary alicyclic amines) is 1. The van der Waals surface area contributed by atoms with E-state index in [0.717, 1.165) is 19.5 Å². The average Bonchev–Trinajstić information content (AvgIpc) is 2.54. The zero-order valence-electron chi connectivity index (χ0n) is 12.8. The Balaban J connectivity index is 2.19. The highest BCUT2D eigenvalue weighted by Gasteiger charge is 2.31. The molecule has 21 heavy (non-hydrogen) atoms. The smallest absolute Gasteiger partial charge is 0.141 e. The first kappa shape index (κ1) is 15.8. The average molecular weight is 291 g/mol. The summed E-state index contributed by atoms with van der Waals surface area (Å²) in [6.07, 6.45) is 1.85. The Morgan fingerprint density at radius 3 is 2.81 bits per heavy atom. The molecule has 5 heteroatoms. The fourth-order valence-electron chi connectivity index (χ4n) is 3.02. The van der Waals surface area contributed by atoms with Gasteiger partial charge >= 0.3 is 0 Å². The quantitative estimate of drug-likeness (QED) is 0.378. The minimum Gasteiger partial charge on any atom is -0.409 e. The maximum Gasteiger partial charge on any atom is 0.141 e. The van der Waals surface area contributed by atoms with Gasteiger partial charge in [0.2, 0.25) is 0 Å². The van der Waals surface area contributed by atoms with Crippen molar-refractivity contribution >= 4 is 5.84 Å². The molecule has 1 saturated heterocycles. The van der Waals surface area contributed by atoms with Crippen LogP contribution in [-0.4, -0.2) is 42.2 Å². The van der Waals surface area contributed by atoms with Gasteiger partial charge in [0.05, 0.1) is 6.10 Å². The van der Waals surface area contributed by atoms with E-state index in [1.807, 2.05) is 18.2 Å². The molecular weight excluding hydrogens is 266 g/mol. The highest BCUT2D eigenvalue weighted by Crippen LogP contribution is 2.30. The topological polar surface area (TPSA) is 71.1 Å². The zero-order chi connectivity index (χ0) is 15.2. The lowest BCUT2D eigenvalue weighted by Gasteiger charge is -2.40. The monoisotopic (exact) mass is 291 g/mol. The van der Waals surface area contributed by atoms with E-state index >= 15 is 0 Å². The van der Waals surface area contributed by atoms with Gasteiger partial charge in [0.1, 0.15) is 5.84 Å². The van der Waals surface area contributed by atoms with Crippen LogP contribution < -0.4 is 5.73 Å². The SMILES string of the molecule is COC1CN(C(C/C(N)=N/O)c2ccccc2)CCC1C. The first-order chi connectivity index (χ1) is 10.2. The Bertz CT molecular complexity index is 464. The Morgan fingerprint density at radius 2 is 2.19 bits per heavy atom. The van der Waals surface area contributed by atoms with Gasteiger partial charge in [0.15, 0.2) is 0 Å². The van der Waals surface area contributed by atoms with Crippen molar-refractivity contribution in [3.8, 4) is 0 Å². The Kier molecular flexibility index (Phi) is 5.59. The number of methoxy groups -OCH3 is 1. The zero-order valence-corrected chi connectivity index (χ0v) is 12.8. The van der Waals surface area contributed by atoms with Gasteiger partial charge < -0.3 is 15.7 Å². The van der Waals surface area contributed by atoms with Crippen molar-refractivity contribution in [1.29, 1.82) is 0 Å². The molecule has 0 saturated carbocycles. The van der Waals surface area contributed by atoms with Crippen LogP contribution in [0.2, 0.25) is 0 Å². The van der Waals surface area contributed by atoms with Gasteiger partial charge in [-0.05, 0) is 24.4 Å².